The lowest BCUT2D eigenvalue weighted by Gasteiger charge is -2.32. The quantitative estimate of drug-likeness (QED) is 0.678. The van der Waals surface area contributed by atoms with Gasteiger partial charge in [0.25, 0.3) is 0 Å². The Morgan fingerprint density at radius 1 is 1.22 bits per heavy atom. The molecule has 0 amide bonds. The van der Waals surface area contributed by atoms with Gasteiger partial charge in [0.1, 0.15) is 0 Å². The van der Waals surface area contributed by atoms with Crippen molar-refractivity contribution in [1.82, 2.24) is 5.32 Å². The van der Waals surface area contributed by atoms with Crippen LogP contribution >= 0.6 is 0 Å². The van der Waals surface area contributed by atoms with Crippen LogP contribution in [-0.2, 0) is 9.47 Å². The average molecular weight is 257 g/mol. The van der Waals surface area contributed by atoms with Gasteiger partial charge in [-0.2, -0.15) is 0 Å². The molecule has 108 valence electrons. The minimum atomic E-state index is 0.429. The van der Waals surface area contributed by atoms with E-state index in [0.717, 1.165) is 51.5 Å². The first-order chi connectivity index (χ1) is 8.59. The van der Waals surface area contributed by atoms with E-state index in [2.05, 4.69) is 33.0 Å². The molecular weight excluding hydrogens is 226 g/mol. The van der Waals surface area contributed by atoms with Gasteiger partial charge in [-0.1, -0.05) is 27.7 Å². The number of hydrogen-bond donors (Lipinski definition) is 1. The summed E-state index contributed by atoms with van der Waals surface area (Å²) < 4.78 is 11.4. The Labute approximate surface area is 113 Å². The van der Waals surface area contributed by atoms with E-state index < -0.39 is 0 Å². The van der Waals surface area contributed by atoms with Gasteiger partial charge in [-0.15, -0.1) is 0 Å². The molecule has 2 unspecified atom stereocenters. The molecule has 18 heavy (non-hydrogen) atoms. The van der Waals surface area contributed by atoms with Gasteiger partial charge >= 0.3 is 0 Å². The molecule has 3 heteroatoms. The molecule has 0 radical (unpaired) electrons. The van der Waals surface area contributed by atoms with E-state index in [1.165, 1.54) is 0 Å². The standard InChI is InChI=1S/C15H31NO2/c1-12(2)5-8-17-10-7-16-14-6-9-18-15(11-14)13(3)4/h12-16H,5-11H2,1-4H3. The second kappa shape index (κ2) is 8.89. The Hall–Kier alpha value is -0.120. The fourth-order valence-electron chi connectivity index (χ4n) is 2.23. The lowest BCUT2D eigenvalue weighted by Crippen LogP contribution is -2.42. The van der Waals surface area contributed by atoms with Crippen molar-refractivity contribution in [2.75, 3.05) is 26.4 Å². The lowest BCUT2D eigenvalue weighted by molar-refractivity contribution is -0.0252. The molecule has 1 saturated heterocycles. The predicted octanol–water partition coefficient (Wildman–Crippen LogP) is 2.84. The zero-order chi connectivity index (χ0) is 13.4. The first kappa shape index (κ1) is 15.9. The van der Waals surface area contributed by atoms with E-state index in [4.69, 9.17) is 9.47 Å². The molecule has 0 spiro atoms. The molecule has 3 nitrogen and oxygen atoms in total. The second-order valence-corrected chi connectivity index (χ2v) is 6.12. The molecule has 0 aliphatic carbocycles. The van der Waals surface area contributed by atoms with Gasteiger partial charge in [0.05, 0.1) is 12.7 Å². The molecular formula is C15H31NO2. The maximum absolute atomic E-state index is 5.77. The summed E-state index contributed by atoms with van der Waals surface area (Å²) in [5.41, 5.74) is 0. The minimum absolute atomic E-state index is 0.429. The van der Waals surface area contributed by atoms with E-state index in [1.54, 1.807) is 0 Å². The molecule has 0 aromatic rings. The van der Waals surface area contributed by atoms with Crippen molar-refractivity contribution >= 4 is 0 Å². The highest BCUT2D eigenvalue weighted by atomic mass is 16.5. The van der Waals surface area contributed by atoms with Gasteiger partial charge in [-0.25, -0.2) is 0 Å². The molecule has 1 aliphatic heterocycles. The SMILES string of the molecule is CC(C)CCOCCNC1CCOC(C(C)C)C1. The van der Waals surface area contributed by atoms with Crippen LogP contribution in [0.5, 0.6) is 0 Å². The molecule has 1 N–H and O–H groups in total. The highest BCUT2D eigenvalue weighted by Gasteiger charge is 2.24. The van der Waals surface area contributed by atoms with Gasteiger partial charge in [-0.3, -0.25) is 0 Å². The molecule has 1 heterocycles. The molecule has 0 bridgehead atoms. The molecule has 0 aromatic carbocycles. The summed E-state index contributed by atoms with van der Waals surface area (Å²) in [5, 5.41) is 3.59. The van der Waals surface area contributed by atoms with Crippen molar-refractivity contribution in [1.29, 1.82) is 0 Å². The zero-order valence-electron chi connectivity index (χ0n) is 12.6. The average Bonchev–Trinajstić information content (AvgIpc) is 2.33. The fourth-order valence-corrected chi connectivity index (χ4v) is 2.23. The van der Waals surface area contributed by atoms with Gasteiger partial charge in [0.2, 0.25) is 0 Å². The van der Waals surface area contributed by atoms with Crippen LogP contribution in [0.2, 0.25) is 0 Å². The third-order valence-electron chi connectivity index (χ3n) is 3.58. The van der Waals surface area contributed by atoms with Crippen LogP contribution in [0, 0.1) is 11.8 Å². The van der Waals surface area contributed by atoms with E-state index in [1.807, 2.05) is 0 Å². The maximum atomic E-state index is 5.77. The summed E-state index contributed by atoms with van der Waals surface area (Å²) in [6.45, 7) is 12.5. The summed E-state index contributed by atoms with van der Waals surface area (Å²) in [6, 6.07) is 0.611. The second-order valence-electron chi connectivity index (χ2n) is 6.12. The normalized spacial score (nSPS) is 25.0. The smallest absolute Gasteiger partial charge is 0.0612 e. The minimum Gasteiger partial charge on any atom is -0.380 e. The number of rotatable bonds is 8. The molecule has 1 fully saturated rings. The van der Waals surface area contributed by atoms with Gasteiger partial charge < -0.3 is 14.8 Å². The van der Waals surface area contributed by atoms with Crippen molar-refractivity contribution < 1.29 is 9.47 Å². The highest BCUT2D eigenvalue weighted by Crippen LogP contribution is 2.19. The maximum Gasteiger partial charge on any atom is 0.0612 e. The lowest BCUT2D eigenvalue weighted by atomic mass is 9.95. The van der Waals surface area contributed by atoms with Crippen LogP contribution in [0.1, 0.15) is 47.0 Å². The number of hydrogen-bond acceptors (Lipinski definition) is 3. The van der Waals surface area contributed by atoms with Crippen molar-refractivity contribution in [3.63, 3.8) is 0 Å². The summed E-state index contributed by atoms with van der Waals surface area (Å²) in [7, 11) is 0. The van der Waals surface area contributed by atoms with Crippen LogP contribution in [0.4, 0.5) is 0 Å². The van der Waals surface area contributed by atoms with Crippen LogP contribution < -0.4 is 5.32 Å². The molecule has 0 aromatic heterocycles. The van der Waals surface area contributed by atoms with Crippen LogP contribution in [0.3, 0.4) is 0 Å². The molecule has 0 saturated carbocycles. The third kappa shape index (κ3) is 6.72. The van der Waals surface area contributed by atoms with Gasteiger partial charge in [-0.05, 0) is 31.1 Å². The van der Waals surface area contributed by atoms with Crippen molar-refractivity contribution in [3.8, 4) is 0 Å². The van der Waals surface area contributed by atoms with Gasteiger partial charge in [0.15, 0.2) is 0 Å². The molecule has 2 atom stereocenters. The topological polar surface area (TPSA) is 30.5 Å². The van der Waals surface area contributed by atoms with E-state index >= 15 is 0 Å². The Morgan fingerprint density at radius 3 is 2.67 bits per heavy atom. The number of nitrogens with one attached hydrogen (secondary N) is 1. The first-order valence-electron chi connectivity index (χ1n) is 7.52. The Morgan fingerprint density at radius 2 is 2.00 bits per heavy atom. The Balaban J connectivity index is 2.01. The Bertz CT molecular complexity index is 207. The monoisotopic (exact) mass is 257 g/mol. The van der Waals surface area contributed by atoms with Gasteiger partial charge in [0, 0.05) is 25.8 Å². The van der Waals surface area contributed by atoms with E-state index in [9.17, 15) is 0 Å². The van der Waals surface area contributed by atoms with Crippen LogP contribution in [0.25, 0.3) is 0 Å². The molecule has 1 rings (SSSR count). The summed E-state index contributed by atoms with van der Waals surface area (Å²) in [6.07, 6.45) is 3.86. The van der Waals surface area contributed by atoms with E-state index in [0.29, 0.717) is 18.1 Å². The summed E-state index contributed by atoms with van der Waals surface area (Å²) >= 11 is 0. The first-order valence-corrected chi connectivity index (χ1v) is 7.52. The summed E-state index contributed by atoms with van der Waals surface area (Å²) in [4.78, 5) is 0. The van der Waals surface area contributed by atoms with Crippen LogP contribution in [-0.4, -0.2) is 38.5 Å². The Kier molecular flexibility index (Phi) is 7.87. The number of ether oxygens (including phenoxy) is 2. The zero-order valence-corrected chi connectivity index (χ0v) is 12.6. The highest BCUT2D eigenvalue weighted by molar-refractivity contribution is 4.78. The van der Waals surface area contributed by atoms with Crippen molar-refractivity contribution in [2.45, 2.75) is 59.1 Å². The molecule has 1 aliphatic rings. The summed E-state index contributed by atoms with van der Waals surface area (Å²) in [5.74, 6) is 1.36. The largest absolute Gasteiger partial charge is 0.380 e. The predicted molar refractivity (Wildman–Crippen MR) is 75.9 cm³/mol. The van der Waals surface area contributed by atoms with E-state index in [-0.39, 0.29) is 0 Å². The van der Waals surface area contributed by atoms with Crippen molar-refractivity contribution in [3.05, 3.63) is 0 Å². The third-order valence-corrected chi connectivity index (χ3v) is 3.58. The van der Waals surface area contributed by atoms with Crippen LogP contribution in [0.15, 0.2) is 0 Å². The van der Waals surface area contributed by atoms with Crippen molar-refractivity contribution in [2.24, 2.45) is 11.8 Å². The fraction of sp³-hybridized carbons (Fsp3) is 1.00.